The fourth-order valence-electron chi connectivity index (χ4n) is 1.23. The highest BCUT2D eigenvalue weighted by Crippen LogP contribution is 2.40. The lowest BCUT2D eigenvalue weighted by Gasteiger charge is -2.06. The van der Waals surface area contributed by atoms with E-state index in [1.54, 1.807) is 0 Å². The summed E-state index contributed by atoms with van der Waals surface area (Å²) in [7, 11) is 2.15. The molecule has 38 valence electrons. The van der Waals surface area contributed by atoms with Crippen LogP contribution in [0, 0.1) is 5.92 Å². The molecule has 0 aromatic heterocycles. The minimum atomic E-state index is 0.903. The molecular weight excluding hydrogens is 86.1 g/mol. The molecule has 2 unspecified atom stereocenters. The highest BCUT2D eigenvalue weighted by molar-refractivity contribution is 5.14. The third-order valence-corrected chi connectivity index (χ3v) is 1.90. The van der Waals surface area contributed by atoms with E-state index in [1.807, 2.05) is 0 Å². The zero-order valence-electron chi connectivity index (χ0n) is 4.46. The minimum Gasteiger partial charge on any atom is -0.377 e. The van der Waals surface area contributed by atoms with E-state index < -0.39 is 0 Å². The van der Waals surface area contributed by atoms with Gasteiger partial charge >= 0.3 is 0 Å². The van der Waals surface area contributed by atoms with Crippen LogP contribution in [0.5, 0.6) is 0 Å². The molecule has 1 heterocycles. The van der Waals surface area contributed by atoms with Gasteiger partial charge in [0.25, 0.3) is 0 Å². The van der Waals surface area contributed by atoms with Crippen molar-refractivity contribution >= 4 is 0 Å². The summed E-state index contributed by atoms with van der Waals surface area (Å²) >= 11 is 0. The quantitative estimate of drug-likeness (QED) is 0.431. The van der Waals surface area contributed by atoms with Gasteiger partial charge in [-0.25, -0.2) is 0 Å². The van der Waals surface area contributed by atoms with Crippen LogP contribution in [0.15, 0.2) is 12.3 Å². The Morgan fingerprint density at radius 2 is 2.57 bits per heavy atom. The molecular formula is C6H9N. The number of hydrogen-bond acceptors (Lipinski definition) is 1. The second-order valence-corrected chi connectivity index (χ2v) is 2.47. The Morgan fingerprint density at radius 1 is 1.71 bits per heavy atom. The lowest BCUT2D eigenvalue weighted by Crippen LogP contribution is -2.09. The SMILES string of the molecule is CN1C=CC2CC21. The van der Waals surface area contributed by atoms with Crippen LogP contribution in [0.3, 0.4) is 0 Å². The van der Waals surface area contributed by atoms with E-state index in [-0.39, 0.29) is 0 Å². The molecule has 0 N–H and O–H groups in total. The minimum absolute atomic E-state index is 0.903. The van der Waals surface area contributed by atoms with Crippen LogP contribution < -0.4 is 0 Å². The Hall–Kier alpha value is -0.460. The van der Waals surface area contributed by atoms with Crippen LogP contribution in [0.25, 0.3) is 0 Å². The first-order valence-corrected chi connectivity index (χ1v) is 2.78. The summed E-state index contributed by atoms with van der Waals surface area (Å²) in [5.41, 5.74) is 0. The van der Waals surface area contributed by atoms with Gasteiger partial charge in [0, 0.05) is 19.0 Å². The lowest BCUT2D eigenvalue weighted by molar-refractivity contribution is 0.457. The smallest absolute Gasteiger partial charge is 0.0351 e. The molecule has 1 saturated carbocycles. The molecule has 2 atom stereocenters. The molecule has 2 rings (SSSR count). The monoisotopic (exact) mass is 95.1 g/mol. The summed E-state index contributed by atoms with van der Waals surface area (Å²) in [4.78, 5) is 2.30. The highest BCUT2D eigenvalue weighted by Gasteiger charge is 2.40. The molecule has 1 aliphatic carbocycles. The fourth-order valence-corrected chi connectivity index (χ4v) is 1.23. The molecule has 0 aromatic carbocycles. The Balaban J connectivity index is 2.22. The van der Waals surface area contributed by atoms with Gasteiger partial charge < -0.3 is 4.90 Å². The molecule has 7 heavy (non-hydrogen) atoms. The largest absolute Gasteiger partial charge is 0.377 e. The molecule has 2 aliphatic rings. The van der Waals surface area contributed by atoms with Gasteiger partial charge in [0.05, 0.1) is 0 Å². The molecule has 0 saturated heterocycles. The topological polar surface area (TPSA) is 3.24 Å². The maximum absolute atomic E-state index is 2.30. The second-order valence-electron chi connectivity index (χ2n) is 2.47. The summed E-state index contributed by atoms with van der Waals surface area (Å²) in [5, 5.41) is 0. The molecule has 0 amide bonds. The van der Waals surface area contributed by atoms with Gasteiger partial charge in [-0.15, -0.1) is 0 Å². The summed E-state index contributed by atoms with van der Waals surface area (Å²) in [6.45, 7) is 0. The second kappa shape index (κ2) is 0.857. The summed E-state index contributed by atoms with van der Waals surface area (Å²) in [6, 6.07) is 0.903. The average molecular weight is 95.1 g/mol. The van der Waals surface area contributed by atoms with Crippen molar-refractivity contribution < 1.29 is 0 Å². The molecule has 0 bridgehead atoms. The van der Waals surface area contributed by atoms with Crippen molar-refractivity contribution in [2.75, 3.05) is 7.05 Å². The van der Waals surface area contributed by atoms with Gasteiger partial charge in [-0.1, -0.05) is 6.08 Å². The van der Waals surface area contributed by atoms with Crippen molar-refractivity contribution in [1.29, 1.82) is 0 Å². The predicted octanol–water partition coefficient (Wildman–Crippen LogP) is 0.834. The van der Waals surface area contributed by atoms with E-state index in [1.165, 1.54) is 6.42 Å². The molecule has 1 fully saturated rings. The predicted molar refractivity (Wildman–Crippen MR) is 28.8 cm³/mol. The highest BCUT2D eigenvalue weighted by atomic mass is 15.2. The van der Waals surface area contributed by atoms with Crippen LogP contribution >= 0.6 is 0 Å². The van der Waals surface area contributed by atoms with Crippen LogP contribution in [0.2, 0.25) is 0 Å². The van der Waals surface area contributed by atoms with Crippen molar-refractivity contribution in [3.05, 3.63) is 12.3 Å². The molecule has 0 spiro atoms. The summed E-state index contributed by atoms with van der Waals surface area (Å²) in [5.74, 6) is 0.935. The molecule has 1 nitrogen and oxygen atoms in total. The van der Waals surface area contributed by atoms with E-state index in [2.05, 4.69) is 24.2 Å². The first-order chi connectivity index (χ1) is 3.38. The number of nitrogens with zero attached hydrogens (tertiary/aromatic N) is 1. The Bertz CT molecular complexity index is 117. The van der Waals surface area contributed by atoms with E-state index in [0.717, 1.165) is 12.0 Å². The Labute approximate surface area is 43.6 Å². The van der Waals surface area contributed by atoms with E-state index >= 15 is 0 Å². The third-order valence-electron chi connectivity index (χ3n) is 1.90. The van der Waals surface area contributed by atoms with Gasteiger partial charge in [0.1, 0.15) is 0 Å². The van der Waals surface area contributed by atoms with Crippen molar-refractivity contribution in [1.82, 2.24) is 4.90 Å². The maximum Gasteiger partial charge on any atom is 0.0351 e. The van der Waals surface area contributed by atoms with Gasteiger partial charge in [-0.3, -0.25) is 0 Å². The van der Waals surface area contributed by atoms with Gasteiger partial charge in [0.2, 0.25) is 0 Å². The fraction of sp³-hybridized carbons (Fsp3) is 0.667. The maximum atomic E-state index is 2.30. The van der Waals surface area contributed by atoms with Crippen molar-refractivity contribution in [3.63, 3.8) is 0 Å². The standard InChI is InChI=1S/C6H9N/c1-7-3-2-5-4-6(5)7/h2-3,5-6H,4H2,1H3. The van der Waals surface area contributed by atoms with Crippen molar-refractivity contribution in [2.24, 2.45) is 5.92 Å². The van der Waals surface area contributed by atoms with Crippen molar-refractivity contribution in [3.8, 4) is 0 Å². The van der Waals surface area contributed by atoms with Gasteiger partial charge in [-0.2, -0.15) is 0 Å². The zero-order valence-corrected chi connectivity index (χ0v) is 4.46. The van der Waals surface area contributed by atoms with E-state index in [4.69, 9.17) is 0 Å². The third kappa shape index (κ3) is 0.328. The van der Waals surface area contributed by atoms with Crippen LogP contribution in [-0.4, -0.2) is 18.0 Å². The molecule has 1 aliphatic heterocycles. The summed E-state index contributed by atoms with van der Waals surface area (Å²) in [6.07, 6.45) is 5.89. The first-order valence-electron chi connectivity index (χ1n) is 2.78. The Kier molecular flexibility index (Phi) is 0.432. The normalized spacial score (nSPS) is 44.4. The number of rotatable bonds is 0. The average Bonchev–Trinajstić information content (AvgIpc) is 2.33. The lowest BCUT2D eigenvalue weighted by atomic mass is 10.4. The van der Waals surface area contributed by atoms with Crippen LogP contribution in [0.4, 0.5) is 0 Å². The van der Waals surface area contributed by atoms with Crippen LogP contribution in [-0.2, 0) is 0 Å². The summed E-state index contributed by atoms with van der Waals surface area (Å²) < 4.78 is 0. The van der Waals surface area contributed by atoms with Gasteiger partial charge in [0.15, 0.2) is 0 Å². The van der Waals surface area contributed by atoms with E-state index in [9.17, 15) is 0 Å². The molecule has 0 radical (unpaired) electrons. The first kappa shape index (κ1) is 3.53. The van der Waals surface area contributed by atoms with Gasteiger partial charge in [-0.05, 0) is 12.6 Å². The van der Waals surface area contributed by atoms with Crippen LogP contribution in [0.1, 0.15) is 6.42 Å². The zero-order chi connectivity index (χ0) is 4.85. The molecule has 1 heteroatoms. The number of hydrogen-bond donors (Lipinski definition) is 0. The molecule has 0 aromatic rings. The van der Waals surface area contributed by atoms with E-state index in [0.29, 0.717) is 0 Å². The Morgan fingerprint density at radius 3 is 2.71 bits per heavy atom. The van der Waals surface area contributed by atoms with Crippen molar-refractivity contribution in [2.45, 2.75) is 12.5 Å². The number of fused-ring (bicyclic) bond motifs is 1.